The molecule has 0 aromatic carbocycles. The highest BCUT2D eigenvalue weighted by Gasteiger charge is 2.50. The monoisotopic (exact) mass is 230 g/mol. The van der Waals surface area contributed by atoms with Crippen LogP contribution in [0.3, 0.4) is 0 Å². The highest BCUT2D eigenvalue weighted by molar-refractivity contribution is 7.78. The standard InChI is InChI=1S/C13H27OP/c1-11(2,3)15(10-14,12(4,5)6)13(7,8)9/h1-9H3. The zero-order valence-corrected chi connectivity index (χ0v) is 12.7. The molecule has 0 rings (SSSR count). The van der Waals surface area contributed by atoms with Crippen LogP contribution >= 0.6 is 6.89 Å². The van der Waals surface area contributed by atoms with E-state index in [1.54, 1.807) is 0 Å². The molecule has 0 spiro atoms. The van der Waals surface area contributed by atoms with Gasteiger partial charge in [-0.3, -0.25) is 0 Å². The van der Waals surface area contributed by atoms with Crippen LogP contribution in [0.4, 0.5) is 0 Å². The van der Waals surface area contributed by atoms with Gasteiger partial charge in [-0.05, 0) is 22.4 Å². The molecule has 0 aliphatic heterocycles. The molecule has 0 aromatic heterocycles. The van der Waals surface area contributed by atoms with Crippen molar-refractivity contribution in [1.29, 1.82) is 0 Å². The highest BCUT2D eigenvalue weighted by atomic mass is 31.2. The first-order valence-electron chi connectivity index (χ1n) is 5.60. The van der Waals surface area contributed by atoms with Gasteiger partial charge in [0.1, 0.15) is 5.66 Å². The van der Waals surface area contributed by atoms with Crippen molar-refractivity contribution in [3.63, 3.8) is 0 Å². The lowest BCUT2D eigenvalue weighted by Crippen LogP contribution is -2.39. The van der Waals surface area contributed by atoms with Crippen LogP contribution < -0.4 is 0 Å². The van der Waals surface area contributed by atoms with Crippen molar-refractivity contribution < 1.29 is 4.79 Å². The quantitative estimate of drug-likeness (QED) is 0.561. The minimum absolute atomic E-state index is 0.0191. The van der Waals surface area contributed by atoms with E-state index in [2.05, 4.69) is 68.0 Å². The zero-order valence-electron chi connectivity index (χ0n) is 11.9. The van der Waals surface area contributed by atoms with Crippen LogP contribution in [0.5, 0.6) is 0 Å². The van der Waals surface area contributed by atoms with Gasteiger partial charge in [0, 0.05) is 0 Å². The van der Waals surface area contributed by atoms with Crippen LogP contribution in [0, 0.1) is 0 Å². The number of carbonyl (C=O) groups excluding carboxylic acids is 1. The molecule has 0 saturated heterocycles. The predicted octanol–water partition coefficient (Wildman–Crippen LogP) is 4.47. The van der Waals surface area contributed by atoms with Crippen molar-refractivity contribution in [2.75, 3.05) is 0 Å². The van der Waals surface area contributed by atoms with Crippen molar-refractivity contribution in [2.24, 2.45) is 0 Å². The van der Waals surface area contributed by atoms with Crippen LogP contribution in [0.15, 0.2) is 0 Å². The second-order valence-corrected chi connectivity index (χ2v) is 12.8. The van der Waals surface area contributed by atoms with Crippen molar-refractivity contribution in [1.82, 2.24) is 0 Å². The SMILES string of the molecule is CC(C)(C)P(=C=O)(C(C)(C)C)C(C)(C)C. The average molecular weight is 230 g/mol. The maximum atomic E-state index is 11.7. The molecule has 0 atom stereocenters. The largest absolute Gasteiger partial charge is 0.234 e. The smallest absolute Gasteiger partial charge is 0.116 e. The van der Waals surface area contributed by atoms with Crippen LogP contribution in [0.25, 0.3) is 0 Å². The Bertz CT molecular complexity index is 258. The predicted molar refractivity (Wildman–Crippen MR) is 71.9 cm³/mol. The van der Waals surface area contributed by atoms with Gasteiger partial charge in [0.2, 0.25) is 0 Å². The fourth-order valence-corrected chi connectivity index (χ4v) is 10.3. The first-order chi connectivity index (χ1) is 6.31. The van der Waals surface area contributed by atoms with Crippen LogP contribution in [0.1, 0.15) is 62.3 Å². The fraction of sp³-hybridized carbons (Fsp3) is 0.923. The Morgan fingerprint density at radius 3 is 0.867 bits per heavy atom. The lowest BCUT2D eigenvalue weighted by molar-refractivity contribution is 0.565. The van der Waals surface area contributed by atoms with Gasteiger partial charge in [0.25, 0.3) is 0 Å². The molecule has 2 heteroatoms. The second kappa shape index (κ2) is 3.79. The molecule has 15 heavy (non-hydrogen) atoms. The molecule has 0 radical (unpaired) electrons. The van der Waals surface area contributed by atoms with Crippen molar-refractivity contribution >= 4 is 12.5 Å². The topological polar surface area (TPSA) is 17.1 Å². The Balaban J connectivity index is 6.20. The van der Waals surface area contributed by atoms with Crippen molar-refractivity contribution in [3.8, 4) is 0 Å². The van der Waals surface area contributed by atoms with E-state index in [1.807, 2.05) is 0 Å². The fourth-order valence-electron chi connectivity index (χ4n) is 3.43. The first-order valence-corrected chi connectivity index (χ1v) is 7.39. The van der Waals surface area contributed by atoms with Gasteiger partial charge >= 0.3 is 0 Å². The summed E-state index contributed by atoms with van der Waals surface area (Å²) in [6, 6.07) is 0. The van der Waals surface area contributed by atoms with Crippen LogP contribution in [0.2, 0.25) is 0 Å². The zero-order chi connectivity index (χ0) is 12.7. The van der Waals surface area contributed by atoms with Crippen molar-refractivity contribution in [3.05, 3.63) is 0 Å². The summed E-state index contributed by atoms with van der Waals surface area (Å²) < 4.78 is 0. The summed E-state index contributed by atoms with van der Waals surface area (Å²) in [5, 5.41) is 0.0573. The van der Waals surface area contributed by atoms with E-state index in [-0.39, 0.29) is 15.5 Å². The Morgan fingerprint density at radius 2 is 0.867 bits per heavy atom. The molecule has 0 aromatic rings. The summed E-state index contributed by atoms with van der Waals surface area (Å²) in [6.07, 6.45) is 0. The number of rotatable bonds is 0. The molecular formula is C13H27OP. The molecular weight excluding hydrogens is 203 g/mol. The molecule has 1 nitrogen and oxygen atoms in total. The minimum Gasteiger partial charge on any atom is -0.234 e. The molecule has 0 N–H and O–H groups in total. The molecule has 0 amide bonds. The van der Waals surface area contributed by atoms with Crippen LogP contribution in [-0.4, -0.2) is 21.1 Å². The van der Waals surface area contributed by atoms with Gasteiger partial charge in [-0.15, -0.1) is 0 Å². The molecule has 0 aliphatic carbocycles. The maximum absolute atomic E-state index is 11.7. The Hall–Kier alpha value is 0.01000. The molecule has 0 unspecified atom stereocenters. The van der Waals surface area contributed by atoms with Gasteiger partial charge in [-0.25, -0.2) is 4.79 Å². The third-order valence-corrected chi connectivity index (χ3v) is 9.47. The van der Waals surface area contributed by atoms with Crippen LogP contribution in [-0.2, 0) is 4.79 Å². The second-order valence-electron chi connectivity index (χ2n) is 7.27. The Morgan fingerprint density at radius 1 is 0.667 bits per heavy atom. The van der Waals surface area contributed by atoms with E-state index in [1.165, 1.54) is 0 Å². The van der Waals surface area contributed by atoms with Gasteiger partial charge < -0.3 is 0 Å². The molecule has 0 aliphatic rings. The molecule has 0 heterocycles. The summed E-state index contributed by atoms with van der Waals surface area (Å²) in [5.74, 6) is 0. The molecule has 0 fully saturated rings. The summed E-state index contributed by atoms with van der Waals surface area (Å²) >= 11 is 0. The Kier molecular flexibility index (Phi) is 3.79. The van der Waals surface area contributed by atoms with E-state index in [9.17, 15) is 4.79 Å². The highest BCUT2D eigenvalue weighted by Crippen LogP contribution is 2.74. The van der Waals surface area contributed by atoms with Gasteiger partial charge in [-0.2, -0.15) is 0 Å². The van der Waals surface area contributed by atoms with E-state index >= 15 is 0 Å². The minimum atomic E-state index is -1.83. The summed E-state index contributed by atoms with van der Waals surface area (Å²) in [7, 11) is 0. The van der Waals surface area contributed by atoms with E-state index in [0.29, 0.717) is 0 Å². The third-order valence-electron chi connectivity index (χ3n) is 3.16. The van der Waals surface area contributed by atoms with Gasteiger partial charge in [-0.1, -0.05) is 62.3 Å². The van der Waals surface area contributed by atoms with Crippen molar-refractivity contribution in [2.45, 2.75) is 77.8 Å². The lowest BCUT2D eigenvalue weighted by atomic mass is 10.2. The lowest BCUT2D eigenvalue weighted by Gasteiger charge is -2.52. The maximum Gasteiger partial charge on any atom is 0.116 e. The summed E-state index contributed by atoms with van der Waals surface area (Å²) in [5.41, 5.74) is 2.50. The average Bonchev–Trinajstić information content (AvgIpc) is 1.76. The van der Waals surface area contributed by atoms with E-state index < -0.39 is 6.89 Å². The molecule has 90 valence electrons. The Labute approximate surface area is 95.6 Å². The summed E-state index contributed by atoms with van der Waals surface area (Å²) in [6.45, 7) is 17.8. The molecule has 0 bridgehead atoms. The third kappa shape index (κ3) is 2.24. The van der Waals surface area contributed by atoms with Gasteiger partial charge in [0.15, 0.2) is 0 Å². The first kappa shape index (κ1) is 15.0. The number of hydrogen-bond acceptors (Lipinski definition) is 1. The molecule has 0 saturated carbocycles. The van der Waals surface area contributed by atoms with Gasteiger partial charge in [0.05, 0.1) is 0 Å². The normalized spacial score (nSPS) is 15.0. The number of hydrogen-bond donors (Lipinski definition) is 0. The van der Waals surface area contributed by atoms with E-state index in [4.69, 9.17) is 0 Å². The van der Waals surface area contributed by atoms with E-state index in [0.717, 1.165) is 0 Å². The summed E-state index contributed by atoms with van der Waals surface area (Å²) in [4.78, 5) is 11.7.